The van der Waals surface area contributed by atoms with E-state index in [2.05, 4.69) is 5.32 Å². The van der Waals surface area contributed by atoms with Crippen LogP contribution in [0.2, 0.25) is 0 Å². The molecule has 2 N–H and O–H groups in total. The molecule has 0 aromatic carbocycles. The van der Waals surface area contributed by atoms with E-state index in [0.717, 1.165) is 6.42 Å². The molecule has 2 saturated heterocycles. The molecule has 8 heteroatoms. The Morgan fingerprint density at radius 1 is 1.10 bits per heavy atom. The Labute approximate surface area is 123 Å². The molecule has 2 fully saturated rings. The number of carboxylic acid groups (broad SMARTS) is 1. The number of rotatable bonds is 2. The van der Waals surface area contributed by atoms with E-state index in [4.69, 9.17) is 9.84 Å². The van der Waals surface area contributed by atoms with Gasteiger partial charge in [0.25, 0.3) is 0 Å². The van der Waals surface area contributed by atoms with Gasteiger partial charge in [-0.15, -0.1) is 0 Å². The van der Waals surface area contributed by atoms with Gasteiger partial charge in [0.1, 0.15) is 5.92 Å². The summed E-state index contributed by atoms with van der Waals surface area (Å²) in [6.07, 6.45) is 0.719. The van der Waals surface area contributed by atoms with Crippen LogP contribution in [0.4, 0.5) is 4.79 Å². The average Bonchev–Trinajstić information content (AvgIpc) is 2.73. The number of carboxylic acids is 1. The van der Waals surface area contributed by atoms with Crippen LogP contribution in [-0.4, -0.2) is 78.2 Å². The minimum Gasteiger partial charge on any atom is -0.481 e. The number of carbonyl (C=O) groups excluding carboxylic acids is 2. The van der Waals surface area contributed by atoms with Crippen LogP contribution in [-0.2, 0) is 14.3 Å². The molecule has 2 aliphatic rings. The smallest absolute Gasteiger partial charge is 0.317 e. The summed E-state index contributed by atoms with van der Waals surface area (Å²) < 4.78 is 5.13. The Morgan fingerprint density at radius 3 is 2.43 bits per heavy atom. The van der Waals surface area contributed by atoms with Crippen molar-refractivity contribution in [2.45, 2.75) is 19.4 Å². The molecule has 0 aliphatic carbocycles. The van der Waals surface area contributed by atoms with Crippen LogP contribution in [0.25, 0.3) is 0 Å². The van der Waals surface area contributed by atoms with E-state index >= 15 is 0 Å². The van der Waals surface area contributed by atoms with Gasteiger partial charge in [-0.25, -0.2) is 4.79 Å². The highest BCUT2D eigenvalue weighted by Gasteiger charge is 2.36. The molecule has 0 radical (unpaired) electrons. The van der Waals surface area contributed by atoms with Gasteiger partial charge in [0.05, 0.1) is 19.3 Å². The van der Waals surface area contributed by atoms with Gasteiger partial charge in [-0.1, -0.05) is 0 Å². The monoisotopic (exact) mass is 299 g/mol. The second-order valence-electron chi connectivity index (χ2n) is 5.38. The highest BCUT2D eigenvalue weighted by atomic mass is 16.5. The van der Waals surface area contributed by atoms with Gasteiger partial charge in [0.15, 0.2) is 0 Å². The zero-order valence-corrected chi connectivity index (χ0v) is 12.1. The molecule has 0 saturated carbocycles. The minimum absolute atomic E-state index is 0.00684. The summed E-state index contributed by atoms with van der Waals surface area (Å²) in [5, 5.41) is 11.8. The summed E-state index contributed by atoms with van der Waals surface area (Å²) in [5.74, 6) is -1.65. The van der Waals surface area contributed by atoms with Gasteiger partial charge in [-0.3, -0.25) is 9.59 Å². The summed E-state index contributed by atoms with van der Waals surface area (Å²) in [4.78, 5) is 38.0. The Balaban J connectivity index is 1.88. The number of nitrogens with zero attached hydrogens (tertiary/aromatic N) is 2. The molecule has 8 nitrogen and oxygen atoms in total. The van der Waals surface area contributed by atoms with Crippen LogP contribution in [0.1, 0.15) is 13.3 Å². The molecule has 2 unspecified atom stereocenters. The first-order chi connectivity index (χ1) is 9.99. The first-order valence-electron chi connectivity index (χ1n) is 7.10. The Morgan fingerprint density at radius 2 is 1.76 bits per heavy atom. The van der Waals surface area contributed by atoms with Crippen molar-refractivity contribution in [3.63, 3.8) is 0 Å². The van der Waals surface area contributed by atoms with E-state index < -0.39 is 17.9 Å². The van der Waals surface area contributed by atoms with Crippen LogP contribution in [0.3, 0.4) is 0 Å². The molecular formula is C13H21N3O5. The molecule has 2 rings (SSSR count). The van der Waals surface area contributed by atoms with Crippen molar-refractivity contribution in [3.05, 3.63) is 0 Å². The standard InChI is InChI=1S/C13H21N3O5/c1-9(17)15-3-2-4-16(6-5-15)13(20)14-11-8-21-7-10(11)12(18)19/h10-11H,2-8H2,1H3,(H,14,20)(H,18,19). The first-order valence-corrected chi connectivity index (χ1v) is 7.10. The van der Waals surface area contributed by atoms with Gasteiger partial charge in [0, 0.05) is 33.1 Å². The maximum atomic E-state index is 12.2. The third-order valence-corrected chi connectivity index (χ3v) is 3.94. The fourth-order valence-electron chi connectivity index (χ4n) is 2.63. The fourth-order valence-corrected chi connectivity index (χ4v) is 2.63. The Bertz CT molecular complexity index is 428. The summed E-state index contributed by atoms with van der Waals surface area (Å²) in [6.45, 7) is 4.02. The largest absolute Gasteiger partial charge is 0.481 e. The van der Waals surface area contributed by atoms with E-state index in [-0.39, 0.29) is 25.2 Å². The van der Waals surface area contributed by atoms with E-state index in [1.807, 2.05) is 0 Å². The predicted octanol–water partition coefficient (Wildman–Crippen LogP) is -0.650. The average molecular weight is 299 g/mol. The number of nitrogens with one attached hydrogen (secondary N) is 1. The molecule has 2 aliphatic heterocycles. The normalized spacial score (nSPS) is 26.3. The van der Waals surface area contributed by atoms with Crippen molar-refractivity contribution in [2.24, 2.45) is 5.92 Å². The SMILES string of the molecule is CC(=O)N1CCCN(C(=O)NC2COCC2C(=O)O)CC1. The van der Waals surface area contributed by atoms with E-state index in [0.29, 0.717) is 26.2 Å². The zero-order valence-electron chi connectivity index (χ0n) is 12.1. The third kappa shape index (κ3) is 3.84. The number of ether oxygens (including phenoxy) is 1. The van der Waals surface area contributed by atoms with Crippen molar-refractivity contribution in [3.8, 4) is 0 Å². The number of carbonyl (C=O) groups is 3. The van der Waals surface area contributed by atoms with Gasteiger partial charge in [-0.2, -0.15) is 0 Å². The molecule has 0 aromatic rings. The topological polar surface area (TPSA) is 99.2 Å². The van der Waals surface area contributed by atoms with Gasteiger partial charge < -0.3 is 25.0 Å². The molecule has 0 spiro atoms. The molecule has 3 amide bonds. The summed E-state index contributed by atoms with van der Waals surface area (Å²) in [7, 11) is 0. The van der Waals surface area contributed by atoms with Crippen LogP contribution in [0.5, 0.6) is 0 Å². The van der Waals surface area contributed by atoms with Crippen LogP contribution in [0.15, 0.2) is 0 Å². The zero-order chi connectivity index (χ0) is 15.4. The lowest BCUT2D eigenvalue weighted by atomic mass is 10.0. The van der Waals surface area contributed by atoms with Crippen molar-refractivity contribution < 1.29 is 24.2 Å². The lowest BCUT2D eigenvalue weighted by Crippen LogP contribution is -2.49. The highest BCUT2D eigenvalue weighted by Crippen LogP contribution is 2.14. The van der Waals surface area contributed by atoms with E-state index in [1.165, 1.54) is 6.92 Å². The van der Waals surface area contributed by atoms with Crippen LogP contribution in [0, 0.1) is 5.92 Å². The van der Waals surface area contributed by atoms with E-state index in [9.17, 15) is 14.4 Å². The molecule has 0 bridgehead atoms. The van der Waals surface area contributed by atoms with Gasteiger partial charge in [0.2, 0.25) is 5.91 Å². The molecule has 118 valence electrons. The number of aliphatic carboxylic acids is 1. The molecular weight excluding hydrogens is 278 g/mol. The molecule has 21 heavy (non-hydrogen) atoms. The molecule has 2 atom stereocenters. The van der Waals surface area contributed by atoms with Crippen molar-refractivity contribution in [2.75, 3.05) is 39.4 Å². The molecule has 2 heterocycles. The second kappa shape index (κ2) is 6.75. The lowest BCUT2D eigenvalue weighted by molar-refractivity contribution is -0.142. The van der Waals surface area contributed by atoms with Gasteiger partial charge in [-0.05, 0) is 6.42 Å². The maximum Gasteiger partial charge on any atom is 0.317 e. The summed E-state index contributed by atoms with van der Waals surface area (Å²) in [6, 6.07) is -0.788. The van der Waals surface area contributed by atoms with Crippen LogP contribution >= 0.6 is 0 Å². The number of urea groups is 1. The summed E-state index contributed by atoms with van der Waals surface area (Å²) in [5.41, 5.74) is 0. The number of hydrogen-bond donors (Lipinski definition) is 2. The quantitative estimate of drug-likeness (QED) is 0.706. The Kier molecular flexibility index (Phi) is 5.00. The van der Waals surface area contributed by atoms with Crippen molar-refractivity contribution >= 4 is 17.9 Å². The third-order valence-electron chi connectivity index (χ3n) is 3.94. The fraction of sp³-hybridized carbons (Fsp3) is 0.769. The lowest BCUT2D eigenvalue weighted by Gasteiger charge is -2.24. The van der Waals surface area contributed by atoms with E-state index in [1.54, 1.807) is 9.80 Å². The van der Waals surface area contributed by atoms with Crippen LogP contribution < -0.4 is 5.32 Å². The minimum atomic E-state index is -0.962. The van der Waals surface area contributed by atoms with Gasteiger partial charge >= 0.3 is 12.0 Å². The number of hydrogen-bond acceptors (Lipinski definition) is 4. The second-order valence-corrected chi connectivity index (χ2v) is 5.38. The van der Waals surface area contributed by atoms with Crippen molar-refractivity contribution in [1.82, 2.24) is 15.1 Å². The number of amides is 3. The first kappa shape index (κ1) is 15.6. The molecule has 0 aromatic heterocycles. The van der Waals surface area contributed by atoms with Crippen molar-refractivity contribution in [1.29, 1.82) is 0 Å². The summed E-state index contributed by atoms with van der Waals surface area (Å²) >= 11 is 0. The predicted molar refractivity (Wildman–Crippen MR) is 72.7 cm³/mol. The maximum absolute atomic E-state index is 12.2. The Hall–Kier alpha value is -1.83. The highest BCUT2D eigenvalue weighted by molar-refractivity contribution is 5.77.